The van der Waals surface area contributed by atoms with Crippen LogP contribution in [0.25, 0.3) is 0 Å². The Morgan fingerprint density at radius 2 is 2.12 bits per heavy atom. The van der Waals surface area contributed by atoms with Crippen molar-refractivity contribution in [3.63, 3.8) is 0 Å². The molecular formula is C12H14N2O2. The molecule has 4 nitrogen and oxygen atoms in total. The van der Waals surface area contributed by atoms with E-state index < -0.39 is 6.04 Å². The fourth-order valence-corrected chi connectivity index (χ4v) is 1.87. The highest BCUT2D eigenvalue weighted by atomic mass is 16.2. The number of benzene rings is 1. The molecule has 16 heavy (non-hydrogen) atoms. The van der Waals surface area contributed by atoms with Crippen molar-refractivity contribution in [1.29, 1.82) is 0 Å². The number of nitrogens with one attached hydrogen (secondary N) is 1. The molecule has 0 aromatic heterocycles. The van der Waals surface area contributed by atoms with Gasteiger partial charge in [0.05, 0.1) is 11.4 Å². The summed E-state index contributed by atoms with van der Waals surface area (Å²) in [6, 6.07) is 6.90. The molecule has 1 heterocycles. The minimum Gasteiger partial charge on any atom is -0.322 e. The largest absolute Gasteiger partial charge is 0.322 e. The van der Waals surface area contributed by atoms with Crippen LogP contribution in [0.3, 0.4) is 0 Å². The van der Waals surface area contributed by atoms with E-state index in [1.165, 1.54) is 0 Å². The first-order valence-corrected chi connectivity index (χ1v) is 5.37. The van der Waals surface area contributed by atoms with Gasteiger partial charge >= 0.3 is 0 Å². The normalized spacial score (nSPS) is 19.0. The summed E-state index contributed by atoms with van der Waals surface area (Å²) in [6.45, 7) is 3.53. The molecule has 0 unspecified atom stereocenters. The number of hydrogen-bond donors (Lipinski definition) is 1. The summed E-state index contributed by atoms with van der Waals surface area (Å²) < 4.78 is 0. The molecule has 0 bridgehead atoms. The number of nitrogens with zero attached hydrogens (tertiary/aromatic N) is 1. The van der Waals surface area contributed by atoms with Crippen LogP contribution >= 0.6 is 0 Å². The molecule has 0 radical (unpaired) electrons. The summed E-state index contributed by atoms with van der Waals surface area (Å²) in [5, 5.41) is 2.79. The number of carbonyl (C=O) groups is 2. The van der Waals surface area contributed by atoms with Gasteiger partial charge in [-0.05, 0) is 19.1 Å². The van der Waals surface area contributed by atoms with E-state index in [9.17, 15) is 9.59 Å². The highest BCUT2D eigenvalue weighted by molar-refractivity contribution is 6.11. The topological polar surface area (TPSA) is 49.4 Å². The molecule has 2 rings (SSSR count). The van der Waals surface area contributed by atoms with Crippen molar-refractivity contribution >= 4 is 23.2 Å². The van der Waals surface area contributed by atoms with Crippen molar-refractivity contribution < 1.29 is 9.59 Å². The maximum absolute atomic E-state index is 11.8. The Bertz CT molecular complexity index is 442. The molecule has 84 valence electrons. The first-order valence-electron chi connectivity index (χ1n) is 5.37. The zero-order valence-corrected chi connectivity index (χ0v) is 9.36. The summed E-state index contributed by atoms with van der Waals surface area (Å²) >= 11 is 0. The molecular weight excluding hydrogens is 204 g/mol. The van der Waals surface area contributed by atoms with Crippen LogP contribution in [0.5, 0.6) is 0 Å². The van der Waals surface area contributed by atoms with Gasteiger partial charge in [0, 0.05) is 6.42 Å². The smallest absolute Gasteiger partial charge is 0.247 e. The van der Waals surface area contributed by atoms with Crippen LogP contribution in [0.4, 0.5) is 11.4 Å². The van der Waals surface area contributed by atoms with Crippen molar-refractivity contribution in [3.8, 4) is 0 Å². The molecule has 1 aliphatic rings. The quantitative estimate of drug-likeness (QED) is 0.781. The summed E-state index contributed by atoms with van der Waals surface area (Å²) in [5.74, 6) is -0.171. The summed E-state index contributed by atoms with van der Waals surface area (Å²) in [6.07, 6.45) is 0.395. The third-order valence-electron chi connectivity index (χ3n) is 2.76. The minimum absolute atomic E-state index is 0.0326. The van der Waals surface area contributed by atoms with Crippen LogP contribution in [0.15, 0.2) is 24.3 Å². The Morgan fingerprint density at radius 1 is 1.44 bits per heavy atom. The zero-order chi connectivity index (χ0) is 11.7. The van der Waals surface area contributed by atoms with E-state index in [4.69, 9.17) is 0 Å². The lowest BCUT2D eigenvalue weighted by atomic mass is 10.1. The summed E-state index contributed by atoms with van der Waals surface area (Å²) in [5.41, 5.74) is 1.48. The molecule has 1 N–H and O–H groups in total. The molecule has 2 amide bonds. The maximum Gasteiger partial charge on any atom is 0.247 e. The first-order chi connectivity index (χ1) is 7.65. The van der Waals surface area contributed by atoms with Gasteiger partial charge in [-0.2, -0.15) is 0 Å². The van der Waals surface area contributed by atoms with E-state index in [-0.39, 0.29) is 11.8 Å². The van der Waals surface area contributed by atoms with Crippen LogP contribution < -0.4 is 10.2 Å². The van der Waals surface area contributed by atoms with Gasteiger partial charge in [0.15, 0.2) is 0 Å². The zero-order valence-electron chi connectivity index (χ0n) is 9.36. The second-order valence-electron chi connectivity index (χ2n) is 3.80. The Labute approximate surface area is 94.2 Å². The second-order valence-corrected chi connectivity index (χ2v) is 3.80. The molecule has 0 spiro atoms. The summed E-state index contributed by atoms with van der Waals surface area (Å²) in [7, 11) is 0. The van der Waals surface area contributed by atoms with E-state index >= 15 is 0 Å². The number of para-hydroxylation sites is 2. The van der Waals surface area contributed by atoms with Gasteiger partial charge in [-0.25, -0.2) is 0 Å². The molecule has 0 aliphatic carbocycles. The lowest BCUT2D eigenvalue weighted by Crippen LogP contribution is -2.49. The lowest BCUT2D eigenvalue weighted by Gasteiger charge is -2.34. The Hall–Kier alpha value is -1.84. The molecule has 0 saturated carbocycles. The molecule has 4 heteroatoms. The van der Waals surface area contributed by atoms with Gasteiger partial charge in [-0.1, -0.05) is 19.1 Å². The Balaban J connectivity index is 2.50. The summed E-state index contributed by atoms with van der Waals surface area (Å²) in [4.78, 5) is 25.1. The average Bonchev–Trinajstić information content (AvgIpc) is 2.30. The van der Waals surface area contributed by atoms with Crippen LogP contribution in [0.1, 0.15) is 20.3 Å². The number of carbonyl (C=O) groups excluding carboxylic acids is 2. The standard InChI is InChI=1S/C12H14N2O2/c1-3-11(15)14-8(2)12(16)13-9-6-4-5-7-10(9)14/h4-8H,3H2,1-2H3,(H,13,16)/t8-/m0/s1. The fraction of sp³-hybridized carbons (Fsp3) is 0.333. The van der Waals surface area contributed by atoms with Crippen molar-refractivity contribution in [1.82, 2.24) is 0 Å². The Morgan fingerprint density at radius 3 is 2.81 bits per heavy atom. The first kappa shape index (κ1) is 10.7. The number of hydrogen-bond acceptors (Lipinski definition) is 2. The molecule has 1 aromatic rings. The molecule has 1 aromatic carbocycles. The van der Waals surface area contributed by atoms with Crippen LogP contribution in [0, 0.1) is 0 Å². The van der Waals surface area contributed by atoms with Gasteiger partial charge < -0.3 is 5.32 Å². The number of amides is 2. The highest BCUT2D eigenvalue weighted by Crippen LogP contribution is 2.31. The predicted octanol–water partition coefficient (Wildman–Crippen LogP) is 1.77. The van der Waals surface area contributed by atoms with Crippen LogP contribution in [-0.2, 0) is 9.59 Å². The van der Waals surface area contributed by atoms with E-state index in [1.807, 2.05) is 18.2 Å². The molecule has 0 fully saturated rings. The van der Waals surface area contributed by atoms with Gasteiger partial charge in [0.2, 0.25) is 11.8 Å². The Kier molecular flexibility index (Phi) is 2.64. The average molecular weight is 218 g/mol. The van der Waals surface area contributed by atoms with Crippen LogP contribution in [0.2, 0.25) is 0 Å². The maximum atomic E-state index is 11.8. The number of rotatable bonds is 1. The van der Waals surface area contributed by atoms with E-state index in [1.54, 1.807) is 24.8 Å². The lowest BCUT2D eigenvalue weighted by molar-refractivity contribution is -0.123. The molecule has 0 saturated heterocycles. The van der Waals surface area contributed by atoms with E-state index in [2.05, 4.69) is 5.32 Å². The highest BCUT2D eigenvalue weighted by Gasteiger charge is 2.32. The number of fused-ring (bicyclic) bond motifs is 1. The van der Waals surface area contributed by atoms with Gasteiger partial charge in [-0.15, -0.1) is 0 Å². The van der Waals surface area contributed by atoms with Crippen molar-refractivity contribution in [2.75, 3.05) is 10.2 Å². The minimum atomic E-state index is -0.442. The molecule has 1 aliphatic heterocycles. The predicted molar refractivity (Wildman–Crippen MR) is 62.3 cm³/mol. The fourth-order valence-electron chi connectivity index (χ4n) is 1.87. The number of anilines is 2. The van der Waals surface area contributed by atoms with Crippen molar-refractivity contribution in [2.24, 2.45) is 0 Å². The van der Waals surface area contributed by atoms with E-state index in [0.717, 1.165) is 5.69 Å². The van der Waals surface area contributed by atoms with Gasteiger partial charge in [0.1, 0.15) is 6.04 Å². The van der Waals surface area contributed by atoms with E-state index in [0.29, 0.717) is 12.1 Å². The third kappa shape index (κ3) is 1.56. The van der Waals surface area contributed by atoms with Crippen LogP contribution in [-0.4, -0.2) is 17.9 Å². The third-order valence-corrected chi connectivity index (χ3v) is 2.76. The monoisotopic (exact) mass is 218 g/mol. The van der Waals surface area contributed by atoms with Gasteiger partial charge in [-0.3, -0.25) is 14.5 Å². The SMILES string of the molecule is CCC(=O)N1c2ccccc2NC(=O)[C@@H]1C. The van der Waals surface area contributed by atoms with Gasteiger partial charge in [0.25, 0.3) is 0 Å². The van der Waals surface area contributed by atoms with Crippen molar-refractivity contribution in [3.05, 3.63) is 24.3 Å². The molecule has 1 atom stereocenters. The second kappa shape index (κ2) is 3.96. The van der Waals surface area contributed by atoms with Crippen molar-refractivity contribution in [2.45, 2.75) is 26.3 Å².